The molecule has 1 atom stereocenters. The van der Waals surface area contributed by atoms with Crippen molar-refractivity contribution in [1.82, 2.24) is 9.88 Å². The smallest absolute Gasteiger partial charge is 0.308 e. The highest BCUT2D eigenvalue weighted by Gasteiger charge is 2.28. The van der Waals surface area contributed by atoms with E-state index in [1.807, 2.05) is 0 Å². The Balaban J connectivity index is 1.58. The Bertz CT molecular complexity index is 774. The summed E-state index contributed by atoms with van der Waals surface area (Å²) in [6, 6.07) is 6.25. The van der Waals surface area contributed by atoms with Gasteiger partial charge in [-0.05, 0) is 25.0 Å². The number of piperidine rings is 1. The van der Waals surface area contributed by atoms with Crippen LogP contribution in [0.2, 0.25) is 0 Å². The van der Waals surface area contributed by atoms with Crippen molar-refractivity contribution >= 4 is 11.9 Å². The number of aromatic nitrogens is 1. The first kappa shape index (κ1) is 17.1. The molecule has 1 fully saturated rings. The predicted octanol–water partition coefficient (Wildman–Crippen LogP) is 2.74. The molecule has 1 amide bonds. The van der Waals surface area contributed by atoms with Gasteiger partial charge in [-0.25, -0.2) is 9.37 Å². The standard InChI is InChI=1S/C18H19FN2O4/c19-14-6-2-1-5-13(14)15-10-20-16(25-15)7-8-17(22)21-9-3-4-12(11-21)18(23)24/h1-2,5-6,10,12H,3-4,7-9,11H2,(H,23,24)/t12-/m0/s1. The molecule has 3 rings (SSSR count). The highest BCUT2D eigenvalue weighted by molar-refractivity contribution is 5.78. The highest BCUT2D eigenvalue weighted by atomic mass is 19.1. The van der Waals surface area contributed by atoms with Gasteiger partial charge in [0.2, 0.25) is 5.91 Å². The van der Waals surface area contributed by atoms with Crippen molar-refractivity contribution in [3.8, 4) is 11.3 Å². The SMILES string of the molecule is O=C(O)[C@H]1CCCN(C(=O)CCc2ncc(-c3ccccc3F)o2)C1. The van der Waals surface area contributed by atoms with Gasteiger partial charge in [-0.1, -0.05) is 12.1 Å². The van der Waals surface area contributed by atoms with Gasteiger partial charge in [0.15, 0.2) is 11.7 Å². The lowest BCUT2D eigenvalue weighted by atomic mass is 9.98. The maximum Gasteiger partial charge on any atom is 0.308 e. The maximum atomic E-state index is 13.7. The first-order chi connectivity index (χ1) is 12.0. The van der Waals surface area contributed by atoms with Crippen molar-refractivity contribution in [3.63, 3.8) is 0 Å². The van der Waals surface area contributed by atoms with E-state index in [4.69, 9.17) is 9.52 Å². The van der Waals surface area contributed by atoms with Crippen LogP contribution in [-0.4, -0.2) is 40.0 Å². The summed E-state index contributed by atoms with van der Waals surface area (Å²) in [5, 5.41) is 9.09. The zero-order valence-corrected chi connectivity index (χ0v) is 13.7. The lowest BCUT2D eigenvalue weighted by molar-refractivity contribution is -0.145. The number of hydrogen-bond acceptors (Lipinski definition) is 4. The summed E-state index contributed by atoms with van der Waals surface area (Å²) >= 11 is 0. The second-order valence-electron chi connectivity index (χ2n) is 6.12. The van der Waals surface area contributed by atoms with Gasteiger partial charge in [0.1, 0.15) is 5.82 Å². The number of hydrogen-bond donors (Lipinski definition) is 1. The molecule has 0 aliphatic carbocycles. The third-order valence-corrected chi connectivity index (χ3v) is 4.37. The van der Waals surface area contributed by atoms with Crippen molar-refractivity contribution < 1.29 is 23.5 Å². The topological polar surface area (TPSA) is 83.6 Å². The third-order valence-electron chi connectivity index (χ3n) is 4.37. The van der Waals surface area contributed by atoms with Crippen LogP contribution in [0.3, 0.4) is 0 Å². The number of aryl methyl sites for hydroxylation is 1. The molecule has 1 aromatic carbocycles. The zero-order valence-electron chi connectivity index (χ0n) is 13.7. The molecule has 0 bridgehead atoms. The minimum atomic E-state index is -0.861. The third kappa shape index (κ3) is 4.04. The maximum absolute atomic E-state index is 13.7. The zero-order chi connectivity index (χ0) is 17.8. The fourth-order valence-corrected chi connectivity index (χ4v) is 2.99. The predicted molar refractivity (Wildman–Crippen MR) is 87.2 cm³/mol. The molecule has 7 heteroatoms. The number of oxazole rings is 1. The van der Waals surface area contributed by atoms with Crippen LogP contribution in [-0.2, 0) is 16.0 Å². The lowest BCUT2D eigenvalue weighted by Crippen LogP contribution is -2.42. The molecule has 2 heterocycles. The monoisotopic (exact) mass is 346 g/mol. The first-order valence-corrected chi connectivity index (χ1v) is 8.25. The second kappa shape index (κ2) is 7.46. The van der Waals surface area contributed by atoms with E-state index in [-0.39, 0.29) is 18.9 Å². The van der Waals surface area contributed by atoms with Crippen molar-refractivity contribution in [2.24, 2.45) is 5.92 Å². The van der Waals surface area contributed by atoms with Gasteiger partial charge in [-0.15, -0.1) is 0 Å². The van der Waals surface area contributed by atoms with Gasteiger partial charge in [0.05, 0.1) is 17.7 Å². The highest BCUT2D eigenvalue weighted by Crippen LogP contribution is 2.24. The van der Waals surface area contributed by atoms with Gasteiger partial charge < -0.3 is 14.4 Å². The van der Waals surface area contributed by atoms with E-state index in [0.29, 0.717) is 43.0 Å². The number of likely N-dealkylation sites (tertiary alicyclic amines) is 1. The number of nitrogens with zero attached hydrogens (tertiary/aromatic N) is 2. The van der Waals surface area contributed by atoms with E-state index in [1.165, 1.54) is 12.3 Å². The average Bonchev–Trinajstić information content (AvgIpc) is 3.09. The van der Waals surface area contributed by atoms with Crippen LogP contribution in [0.1, 0.15) is 25.2 Å². The molecule has 0 radical (unpaired) electrons. The molecule has 0 spiro atoms. The van der Waals surface area contributed by atoms with Crippen LogP contribution in [0, 0.1) is 11.7 Å². The van der Waals surface area contributed by atoms with E-state index in [9.17, 15) is 14.0 Å². The van der Waals surface area contributed by atoms with Gasteiger partial charge in [0, 0.05) is 25.9 Å². The molecule has 1 saturated heterocycles. The van der Waals surface area contributed by atoms with Crippen LogP contribution < -0.4 is 0 Å². The molecule has 1 aromatic heterocycles. The van der Waals surface area contributed by atoms with Gasteiger partial charge in [-0.3, -0.25) is 9.59 Å². The van der Waals surface area contributed by atoms with Crippen molar-refractivity contribution in [3.05, 3.63) is 42.2 Å². The molecule has 1 N–H and O–H groups in total. The quantitative estimate of drug-likeness (QED) is 0.900. The molecular formula is C18H19FN2O4. The number of carbonyl (C=O) groups is 2. The Morgan fingerprint density at radius 2 is 2.16 bits per heavy atom. The lowest BCUT2D eigenvalue weighted by Gasteiger charge is -2.30. The summed E-state index contributed by atoms with van der Waals surface area (Å²) in [5.74, 6) is -1.18. The van der Waals surface area contributed by atoms with Gasteiger partial charge in [0.25, 0.3) is 0 Å². The Kier molecular flexibility index (Phi) is 5.11. The Morgan fingerprint density at radius 1 is 1.36 bits per heavy atom. The van der Waals surface area contributed by atoms with E-state index < -0.39 is 17.7 Å². The average molecular weight is 346 g/mol. The van der Waals surface area contributed by atoms with E-state index in [1.54, 1.807) is 23.1 Å². The summed E-state index contributed by atoms with van der Waals surface area (Å²) in [4.78, 5) is 29.0. The molecule has 132 valence electrons. The number of amides is 1. The van der Waals surface area contributed by atoms with E-state index in [0.717, 1.165) is 0 Å². The summed E-state index contributed by atoms with van der Waals surface area (Å²) < 4.78 is 19.3. The van der Waals surface area contributed by atoms with Crippen LogP contribution in [0.15, 0.2) is 34.9 Å². The van der Waals surface area contributed by atoms with Crippen molar-refractivity contribution in [2.45, 2.75) is 25.7 Å². The Labute approximate surface area is 144 Å². The number of halogens is 1. The molecule has 6 nitrogen and oxygen atoms in total. The van der Waals surface area contributed by atoms with E-state index >= 15 is 0 Å². The number of carboxylic acid groups (broad SMARTS) is 1. The summed E-state index contributed by atoms with van der Waals surface area (Å²) in [7, 11) is 0. The fourth-order valence-electron chi connectivity index (χ4n) is 2.99. The van der Waals surface area contributed by atoms with Crippen LogP contribution >= 0.6 is 0 Å². The fraction of sp³-hybridized carbons (Fsp3) is 0.389. The van der Waals surface area contributed by atoms with Gasteiger partial charge in [-0.2, -0.15) is 0 Å². The molecule has 0 unspecified atom stereocenters. The molecule has 25 heavy (non-hydrogen) atoms. The van der Waals surface area contributed by atoms with Crippen molar-refractivity contribution in [1.29, 1.82) is 0 Å². The number of benzene rings is 1. The number of carboxylic acids is 1. The van der Waals surface area contributed by atoms with Crippen molar-refractivity contribution in [2.75, 3.05) is 13.1 Å². The second-order valence-corrected chi connectivity index (χ2v) is 6.12. The summed E-state index contributed by atoms with van der Waals surface area (Å²) in [6.07, 6.45) is 3.22. The Hall–Kier alpha value is -2.70. The number of rotatable bonds is 5. The molecule has 2 aromatic rings. The Morgan fingerprint density at radius 3 is 2.92 bits per heavy atom. The minimum Gasteiger partial charge on any atom is -0.481 e. The van der Waals surface area contributed by atoms with Crippen LogP contribution in [0.4, 0.5) is 4.39 Å². The van der Waals surface area contributed by atoms with Crippen LogP contribution in [0.5, 0.6) is 0 Å². The van der Waals surface area contributed by atoms with Gasteiger partial charge >= 0.3 is 5.97 Å². The summed E-state index contributed by atoms with van der Waals surface area (Å²) in [5.41, 5.74) is 0.327. The molecule has 1 aliphatic rings. The molecule has 0 saturated carbocycles. The molecular weight excluding hydrogens is 327 g/mol. The normalized spacial score (nSPS) is 17.5. The van der Waals surface area contributed by atoms with Crippen LogP contribution in [0.25, 0.3) is 11.3 Å². The van der Waals surface area contributed by atoms with E-state index in [2.05, 4.69) is 4.98 Å². The largest absolute Gasteiger partial charge is 0.481 e. The first-order valence-electron chi connectivity index (χ1n) is 8.25. The molecule has 1 aliphatic heterocycles. The number of aliphatic carboxylic acids is 1. The minimum absolute atomic E-state index is 0.114. The summed E-state index contributed by atoms with van der Waals surface area (Å²) in [6.45, 7) is 0.828. The number of carbonyl (C=O) groups excluding carboxylic acids is 1.